The Bertz CT molecular complexity index is 1010. The summed E-state index contributed by atoms with van der Waals surface area (Å²) in [7, 11) is 1.51. The van der Waals surface area contributed by atoms with Gasteiger partial charge in [0.1, 0.15) is 11.5 Å². The van der Waals surface area contributed by atoms with Gasteiger partial charge < -0.3 is 20.1 Å². The van der Waals surface area contributed by atoms with E-state index in [-0.39, 0.29) is 12.3 Å². The van der Waals surface area contributed by atoms with Gasteiger partial charge in [-0.25, -0.2) is 4.99 Å². The van der Waals surface area contributed by atoms with E-state index in [1.54, 1.807) is 18.3 Å². The van der Waals surface area contributed by atoms with E-state index < -0.39 is 6.61 Å². The van der Waals surface area contributed by atoms with Gasteiger partial charge in [0.05, 0.1) is 19.2 Å². The van der Waals surface area contributed by atoms with E-state index in [4.69, 9.17) is 4.74 Å². The van der Waals surface area contributed by atoms with Crippen LogP contribution in [0.5, 0.6) is 11.5 Å². The molecule has 0 radical (unpaired) electrons. The van der Waals surface area contributed by atoms with Crippen molar-refractivity contribution in [3.63, 3.8) is 0 Å². The van der Waals surface area contributed by atoms with Crippen LogP contribution in [0.2, 0.25) is 0 Å². The van der Waals surface area contributed by atoms with Crippen LogP contribution in [-0.2, 0) is 13.1 Å². The van der Waals surface area contributed by atoms with Crippen molar-refractivity contribution in [2.24, 2.45) is 4.99 Å². The summed E-state index contributed by atoms with van der Waals surface area (Å²) in [5, 5.41) is 7.50. The standard InChI is InChI=1S/C22H24F2N4O2/c1-3-25-22(27-13-15-10-11-26-19-7-5-4-6-18(15)19)28-14-16-12-17(29-2)8-9-20(16)30-21(23)24/h4-12,21H,3,13-14H2,1-2H3,(H2,25,27,28). The molecule has 0 bridgehead atoms. The number of alkyl halides is 2. The first-order valence-electron chi connectivity index (χ1n) is 9.57. The Morgan fingerprint density at radius 1 is 1.10 bits per heavy atom. The number of nitrogens with one attached hydrogen (secondary N) is 2. The molecule has 0 saturated heterocycles. The Labute approximate surface area is 173 Å². The maximum Gasteiger partial charge on any atom is 0.387 e. The summed E-state index contributed by atoms with van der Waals surface area (Å²) >= 11 is 0. The molecule has 2 aromatic carbocycles. The van der Waals surface area contributed by atoms with Crippen LogP contribution in [0, 0.1) is 0 Å². The van der Waals surface area contributed by atoms with E-state index in [2.05, 4.69) is 25.3 Å². The molecule has 0 aliphatic rings. The minimum Gasteiger partial charge on any atom is -0.497 e. The number of hydrogen-bond acceptors (Lipinski definition) is 4. The van der Waals surface area contributed by atoms with Gasteiger partial charge in [0.15, 0.2) is 5.96 Å². The van der Waals surface area contributed by atoms with Gasteiger partial charge in [-0.1, -0.05) is 18.2 Å². The summed E-state index contributed by atoms with van der Waals surface area (Å²) in [4.78, 5) is 8.89. The molecule has 6 nitrogen and oxygen atoms in total. The Balaban J connectivity index is 1.77. The molecule has 0 atom stereocenters. The minimum atomic E-state index is -2.91. The normalized spacial score (nSPS) is 11.6. The van der Waals surface area contributed by atoms with Crippen molar-refractivity contribution in [3.8, 4) is 11.5 Å². The van der Waals surface area contributed by atoms with Crippen LogP contribution >= 0.6 is 0 Å². The summed E-state index contributed by atoms with van der Waals surface area (Å²) < 4.78 is 35.2. The first-order valence-corrected chi connectivity index (χ1v) is 9.57. The number of para-hydroxylation sites is 1. The van der Waals surface area contributed by atoms with Crippen molar-refractivity contribution < 1.29 is 18.3 Å². The maximum atomic E-state index is 12.7. The highest BCUT2D eigenvalue weighted by Crippen LogP contribution is 2.26. The fourth-order valence-electron chi connectivity index (χ4n) is 3.01. The molecule has 1 heterocycles. The van der Waals surface area contributed by atoms with Crippen LogP contribution in [0.1, 0.15) is 18.1 Å². The van der Waals surface area contributed by atoms with Crippen LogP contribution in [0.25, 0.3) is 10.9 Å². The summed E-state index contributed by atoms with van der Waals surface area (Å²) in [6.07, 6.45) is 1.77. The number of ether oxygens (including phenoxy) is 2. The number of methoxy groups -OCH3 is 1. The van der Waals surface area contributed by atoms with E-state index in [9.17, 15) is 8.78 Å². The topological polar surface area (TPSA) is 67.8 Å². The van der Waals surface area contributed by atoms with Gasteiger partial charge in [-0.05, 0) is 42.8 Å². The van der Waals surface area contributed by atoms with Gasteiger partial charge in [0.2, 0.25) is 0 Å². The number of nitrogens with zero attached hydrogens (tertiary/aromatic N) is 2. The third-order valence-corrected chi connectivity index (χ3v) is 4.42. The Morgan fingerprint density at radius 3 is 2.70 bits per heavy atom. The average Bonchev–Trinajstić information content (AvgIpc) is 2.76. The SMILES string of the molecule is CCNC(=NCc1cc(OC)ccc1OC(F)F)NCc1ccnc2ccccc12. The number of aromatic nitrogens is 1. The van der Waals surface area contributed by atoms with E-state index in [0.717, 1.165) is 16.5 Å². The third kappa shape index (κ3) is 5.56. The summed E-state index contributed by atoms with van der Waals surface area (Å²) in [5.41, 5.74) is 2.50. The van der Waals surface area contributed by atoms with E-state index in [1.165, 1.54) is 13.2 Å². The summed E-state index contributed by atoms with van der Waals surface area (Å²) in [5.74, 6) is 1.18. The molecular weight excluding hydrogens is 390 g/mol. The highest BCUT2D eigenvalue weighted by molar-refractivity contribution is 5.83. The van der Waals surface area contributed by atoms with Gasteiger partial charge in [-0.2, -0.15) is 8.78 Å². The highest BCUT2D eigenvalue weighted by Gasteiger charge is 2.11. The van der Waals surface area contributed by atoms with Crippen LogP contribution < -0.4 is 20.1 Å². The second-order valence-electron chi connectivity index (χ2n) is 6.39. The van der Waals surface area contributed by atoms with Crippen LogP contribution in [0.3, 0.4) is 0 Å². The predicted octanol–water partition coefficient (Wildman–Crippen LogP) is 4.10. The molecule has 0 amide bonds. The zero-order chi connectivity index (χ0) is 21.3. The molecule has 0 saturated carbocycles. The van der Waals surface area contributed by atoms with Crippen molar-refractivity contribution in [2.75, 3.05) is 13.7 Å². The Hall–Kier alpha value is -3.42. The first kappa shape index (κ1) is 21.3. The molecule has 8 heteroatoms. The van der Waals surface area contributed by atoms with Crippen LogP contribution in [-0.4, -0.2) is 31.2 Å². The van der Waals surface area contributed by atoms with Crippen molar-refractivity contribution >= 4 is 16.9 Å². The fraction of sp³-hybridized carbons (Fsp3) is 0.273. The molecule has 1 aromatic heterocycles. The lowest BCUT2D eigenvalue weighted by molar-refractivity contribution is -0.0504. The molecule has 0 aliphatic carbocycles. The second kappa shape index (κ2) is 10.4. The molecule has 0 spiro atoms. The van der Waals surface area contributed by atoms with E-state index >= 15 is 0 Å². The first-order chi connectivity index (χ1) is 14.6. The monoisotopic (exact) mass is 414 g/mol. The Kier molecular flexibility index (Phi) is 7.37. The van der Waals surface area contributed by atoms with Crippen molar-refractivity contribution in [1.29, 1.82) is 0 Å². The number of fused-ring (bicyclic) bond motifs is 1. The number of hydrogen-bond donors (Lipinski definition) is 2. The van der Waals surface area contributed by atoms with Crippen molar-refractivity contribution in [3.05, 3.63) is 65.9 Å². The molecule has 0 unspecified atom stereocenters. The lowest BCUT2D eigenvalue weighted by Gasteiger charge is -2.14. The maximum absolute atomic E-state index is 12.7. The van der Waals surface area contributed by atoms with Crippen molar-refractivity contribution in [1.82, 2.24) is 15.6 Å². The van der Waals surface area contributed by atoms with Gasteiger partial charge in [-0.15, -0.1) is 0 Å². The third-order valence-electron chi connectivity index (χ3n) is 4.42. The summed E-state index contributed by atoms with van der Waals surface area (Å²) in [6.45, 7) is 0.378. The molecule has 158 valence electrons. The van der Waals surface area contributed by atoms with E-state index in [1.807, 2.05) is 37.3 Å². The lowest BCUT2D eigenvalue weighted by Crippen LogP contribution is -2.36. The number of halogens is 2. The van der Waals surface area contributed by atoms with Crippen LogP contribution in [0.4, 0.5) is 8.78 Å². The van der Waals surface area contributed by atoms with E-state index in [0.29, 0.717) is 30.4 Å². The fourth-order valence-corrected chi connectivity index (χ4v) is 3.01. The molecule has 3 rings (SSSR count). The van der Waals surface area contributed by atoms with Crippen molar-refractivity contribution in [2.45, 2.75) is 26.6 Å². The summed E-state index contributed by atoms with van der Waals surface area (Å²) in [6, 6.07) is 14.5. The molecule has 0 fully saturated rings. The Morgan fingerprint density at radius 2 is 1.93 bits per heavy atom. The zero-order valence-corrected chi connectivity index (χ0v) is 16.9. The molecule has 3 aromatic rings. The smallest absolute Gasteiger partial charge is 0.387 e. The van der Waals surface area contributed by atoms with Gasteiger partial charge in [0, 0.05) is 30.2 Å². The van der Waals surface area contributed by atoms with Gasteiger partial charge in [-0.3, -0.25) is 4.98 Å². The lowest BCUT2D eigenvalue weighted by atomic mass is 10.1. The molecular formula is C22H24F2N4O2. The average molecular weight is 414 g/mol. The number of pyridine rings is 1. The molecule has 0 aliphatic heterocycles. The second-order valence-corrected chi connectivity index (χ2v) is 6.39. The van der Waals surface area contributed by atoms with Gasteiger partial charge in [0.25, 0.3) is 0 Å². The van der Waals surface area contributed by atoms with Crippen LogP contribution in [0.15, 0.2) is 59.7 Å². The number of benzene rings is 2. The number of guanidine groups is 1. The molecule has 30 heavy (non-hydrogen) atoms. The number of aliphatic imine (C=N–C) groups is 1. The zero-order valence-electron chi connectivity index (χ0n) is 16.9. The largest absolute Gasteiger partial charge is 0.497 e. The predicted molar refractivity (Wildman–Crippen MR) is 113 cm³/mol. The minimum absolute atomic E-state index is 0.0746. The quantitative estimate of drug-likeness (QED) is 0.429. The molecule has 2 N–H and O–H groups in total. The number of rotatable bonds is 8. The van der Waals surface area contributed by atoms with Gasteiger partial charge >= 0.3 is 6.61 Å². The highest BCUT2D eigenvalue weighted by atomic mass is 19.3.